The minimum absolute atomic E-state index is 0.0263. The second kappa shape index (κ2) is 8.50. The first-order valence-corrected chi connectivity index (χ1v) is 10.7. The van der Waals surface area contributed by atoms with Crippen LogP contribution in [0.15, 0.2) is 53.4 Å². The summed E-state index contributed by atoms with van der Waals surface area (Å²) in [6, 6.07) is 11.8. The molecule has 29 heavy (non-hydrogen) atoms. The number of nitrogens with zero attached hydrogens (tertiary/aromatic N) is 1. The van der Waals surface area contributed by atoms with E-state index in [2.05, 4.69) is 5.32 Å². The number of hydrogen-bond donors (Lipinski definition) is 3. The molecule has 2 aromatic carbocycles. The highest BCUT2D eigenvalue weighted by Crippen LogP contribution is 2.41. The first-order valence-electron chi connectivity index (χ1n) is 8.81. The first-order chi connectivity index (χ1) is 13.7. The molecule has 4 N–H and O–H groups in total. The van der Waals surface area contributed by atoms with E-state index >= 15 is 0 Å². The Morgan fingerprint density at radius 3 is 2.34 bits per heavy atom. The number of nitrogens with one attached hydrogen (secondary N) is 1. The Labute approximate surface area is 173 Å². The molecular weight excluding hydrogens is 418 g/mol. The van der Waals surface area contributed by atoms with Gasteiger partial charge >= 0.3 is 0 Å². The van der Waals surface area contributed by atoms with Crippen molar-refractivity contribution >= 4 is 39.1 Å². The molecule has 154 valence electrons. The molecule has 3 rings (SSSR count). The van der Waals surface area contributed by atoms with Crippen LogP contribution in [0.2, 0.25) is 5.02 Å². The molecular formula is C19H20ClN3O5S. The number of amides is 2. The highest BCUT2D eigenvalue weighted by atomic mass is 35.5. The Kier molecular flexibility index (Phi) is 6.23. The molecule has 1 saturated heterocycles. The average Bonchev–Trinajstić information content (AvgIpc) is 3.03. The lowest BCUT2D eigenvalue weighted by atomic mass is 9.92. The van der Waals surface area contributed by atoms with Crippen LogP contribution in [0.1, 0.15) is 18.0 Å². The molecule has 10 heteroatoms. The van der Waals surface area contributed by atoms with Gasteiger partial charge in [-0.15, -0.1) is 0 Å². The van der Waals surface area contributed by atoms with Crippen LogP contribution in [0.5, 0.6) is 0 Å². The zero-order chi connectivity index (χ0) is 21.2. The molecule has 0 radical (unpaired) electrons. The molecule has 0 spiro atoms. The smallest absolute Gasteiger partial charge is 0.238 e. The molecule has 2 aromatic rings. The monoisotopic (exact) mass is 437 g/mol. The number of aliphatic hydroxyl groups is 1. The van der Waals surface area contributed by atoms with Crippen molar-refractivity contribution in [3.05, 3.63) is 59.1 Å². The predicted molar refractivity (Wildman–Crippen MR) is 108 cm³/mol. The Bertz CT molecular complexity index is 1010. The Morgan fingerprint density at radius 1 is 1.17 bits per heavy atom. The number of rotatable bonds is 6. The van der Waals surface area contributed by atoms with Gasteiger partial charge in [0.1, 0.15) is 0 Å². The summed E-state index contributed by atoms with van der Waals surface area (Å²) in [4.78, 5) is 26.9. The fourth-order valence-corrected chi connectivity index (χ4v) is 4.06. The van der Waals surface area contributed by atoms with E-state index in [0.717, 1.165) is 0 Å². The van der Waals surface area contributed by atoms with Crippen molar-refractivity contribution in [3.63, 3.8) is 0 Å². The molecule has 1 aliphatic rings. The summed E-state index contributed by atoms with van der Waals surface area (Å²) in [5.74, 6) is -1.32. The van der Waals surface area contributed by atoms with Gasteiger partial charge < -0.3 is 15.3 Å². The molecule has 1 heterocycles. The highest BCUT2D eigenvalue weighted by Gasteiger charge is 2.45. The lowest BCUT2D eigenvalue weighted by Gasteiger charge is -2.28. The summed E-state index contributed by atoms with van der Waals surface area (Å²) in [6.45, 7) is -0.128. The van der Waals surface area contributed by atoms with Gasteiger partial charge in [0.25, 0.3) is 0 Å². The molecule has 2 amide bonds. The minimum atomic E-state index is -3.87. The van der Waals surface area contributed by atoms with E-state index in [-0.39, 0.29) is 36.3 Å². The van der Waals surface area contributed by atoms with Gasteiger partial charge in [-0.3, -0.25) is 9.59 Å². The van der Waals surface area contributed by atoms with Crippen LogP contribution in [-0.2, 0) is 19.6 Å². The van der Waals surface area contributed by atoms with Crippen molar-refractivity contribution in [2.45, 2.75) is 17.4 Å². The molecule has 0 unspecified atom stereocenters. The van der Waals surface area contributed by atoms with Crippen molar-refractivity contribution in [2.75, 3.05) is 18.1 Å². The second-order valence-corrected chi connectivity index (χ2v) is 8.62. The number of carbonyl (C=O) groups excluding carboxylic acids is 2. The lowest BCUT2D eigenvalue weighted by molar-refractivity contribution is -0.126. The van der Waals surface area contributed by atoms with E-state index in [1.807, 2.05) is 0 Å². The summed E-state index contributed by atoms with van der Waals surface area (Å²) < 4.78 is 23.0. The van der Waals surface area contributed by atoms with E-state index in [0.29, 0.717) is 16.3 Å². The Balaban J connectivity index is 2.02. The number of halogens is 1. The number of carbonyl (C=O) groups is 2. The van der Waals surface area contributed by atoms with Crippen molar-refractivity contribution in [2.24, 2.45) is 11.1 Å². The van der Waals surface area contributed by atoms with E-state index in [9.17, 15) is 18.0 Å². The van der Waals surface area contributed by atoms with Crippen molar-refractivity contribution in [1.29, 1.82) is 0 Å². The zero-order valence-corrected chi connectivity index (χ0v) is 16.9. The summed E-state index contributed by atoms with van der Waals surface area (Å²) in [5, 5.41) is 17.2. The number of aliphatic hydroxyl groups excluding tert-OH is 1. The maximum absolute atomic E-state index is 12.8. The molecule has 0 aromatic heterocycles. The first kappa shape index (κ1) is 21.3. The topological polar surface area (TPSA) is 130 Å². The van der Waals surface area contributed by atoms with Crippen LogP contribution in [0.25, 0.3) is 0 Å². The van der Waals surface area contributed by atoms with Gasteiger partial charge in [-0.1, -0.05) is 23.7 Å². The van der Waals surface area contributed by atoms with Crippen molar-refractivity contribution < 1.29 is 23.1 Å². The Hall–Kier alpha value is -2.46. The molecule has 8 nitrogen and oxygen atoms in total. The number of sulfonamides is 1. The standard InChI is InChI=1S/C19H20ClN3O5S/c20-13-3-1-12(2-4-13)18-16(19(26)22-9-10-24)11-17(25)23(18)14-5-7-15(8-6-14)29(21,27)28/h1-8,16,18,24H,9-11H2,(H,22,26)(H2,21,27,28)/t16-,18+/m0/s1. The average molecular weight is 438 g/mol. The van der Waals surface area contributed by atoms with Crippen molar-refractivity contribution in [1.82, 2.24) is 5.32 Å². The summed E-state index contributed by atoms with van der Waals surface area (Å²) in [7, 11) is -3.87. The fourth-order valence-electron chi connectivity index (χ4n) is 3.42. The van der Waals surface area contributed by atoms with E-state index in [4.69, 9.17) is 21.8 Å². The molecule has 2 atom stereocenters. The van der Waals surface area contributed by atoms with Crippen LogP contribution in [0, 0.1) is 5.92 Å². The fraction of sp³-hybridized carbons (Fsp3) is 0.263. The largest absolute Gasteiger partial charge is 0.395 e. The maximum atomic E-state index is 12.8. The van der Waals surface area contributed by atoms with E-state index in [1.165, 1.54) is 29.2 Å². The van der Waals surface area contributed by atoms with Crippen LogP contribution in [0.4, 0.5) is 5.69 Å². The minimum Gasteiger partial charge on any atom is -0.395 e. The van der Waals surface area contributed by atoms with E-state index < -0.39 is 22.0 Å². The van der Waals surface area contributed by atoms with Gasteiger partial charge in [0.15, 0.2) is 0 Å². The quantitative estimate of drug-likeness (QED) is 0.625. The number of anilines is 1. The van der Waals surface area contributed by atoms with Crippen LogP contribution < -0.4 is 15.4 Å². The number of benzene rings is 2. The Morgan fingerprint density at radius 2 is 1.79 bits per heavy atom. The van der Waals surface area contributed by atoms with Gasteiger partial charge in [0.2, 0.25) is 21.8 Å². The maximum Gasteiger partial charge on any atom is 0.238 e. The third-order valence-electron chi connectivity index (χ3n) is 4.73. The van der Waals surface area contributed by atoms with Gasteiger partial charge in [0, 0.05) is 23.7 Å². The van der Waals surface area contributed by atoms with Crippen LogP contribution >= 0.6 is 11.6 Å². The van der Waals surface area contributed by atoms with Gasteiger partial charge in [0.05, 0.1) is 23.5 Å². The molecule has 0 saturated carbocycles. The second-order valence-electron chi connectivity index (χ2n) is 6.62. The third-order valence-corrected chi connectivity index (χ3v) is 5.91. The third kappa shape index (κ3) is 4.59. The molecule has 1 fully saturated rings. The molecule has 0 bridgehead atoms. The highest BCUT2D eigenvalue weighted by molar-refractivity contribution is 7.89. The van der Waals surface area contributed by atoms with Crippen LogP contribution in [-0.4, -0.2) is 38.5 Å². The van der Waals surface area contributed by atoms with Crippen LogP contribution in [0.3, 0.4) is 0 Å². The van der Waals surface area contributed by atoms with Crippen molar-refractivity contribution in [3.8, 4) is 0 Å². The number of primary sulfonamides is 1. The number of hydrogen-bond acceptors (Lipinski definition) is 5. The van der Waals surface area contributed by atoms with Gasteiger partial charge in [-0.2, -0.15) is 0 Å². The lowest BCUT2D eigenvalue weighted by Crippen LogP contribution is -2.36. The summed E-state index contributed by atoms with van der Waals surface area (Å²) in [5.41, 5.74) is 1.15. The SMILES string of the molecule is NS(=O)(=O)c1ccc(N2C(=O)C[C@H](C(=O)NCCO)[C@H]2c2ccc(Cl)cc2)cc1. The summed E-state index contributed by atoms with van der Waals surface area (Å²) in [6.07, 6.45) is -0.0263. The predicted octanol–water partition coefficient (Wildman–Crippen LogP) is 1.19. The summed E-state index contributed by atoms with van der Waals surface area (Å²) >= 11 is 5.97. The van der Waals surface area contributed by atoms with E-state index in [1.54, 1.807) is 24.3 Å². The zero-order valence-electron chi connectivity index (χ0n) is 15.3. The normalized spacial score (nSPS) is 19.4. The van der Waals surface area contributed by atoms with Gasteiger partial charge in [-0.05, 0) is 42.0 Å². The van der Waals surface area contributed by atoms with Gasteiger partial charge in [-0.25, -0.2) is 13.6 Å². The number of nitrogens with two attached hydrogens (primary N) is 1. The molecule has 1 aliphatic heterocycles. The molecule has 0 aliphatic carbocycles.